The first-order valence-electron chi connectivity index (χ1n) is 6.64. The maximum Gasteiger partial charge on any atom is 0.257 e. The third-order valence-electron chi connectivity index (χ3n) is 4.00. The Morgan fingerprint density at radius 1 is 1.15 bits per heavy atom. The number of carbonyl (C=O) groups is 1. The quantitative estimate of drug-likeness (QED) is 0.881. The molecular formula is C14H17ClF2N2O. The van der Waals surface area contributed by atoms with E-state index < -0.39 is 23.1 Å². The molecule has 0 spiro atoms. The van der Waals surface area contributed by atoms with Crippen LogP contribution in [0.5, 0.6) is 0 Å². The van der Waals surface area contributed by atoms with E-state index in [9.17, 15) is 13.6 Å². The van der Waals surface area contributed by atoms with Crippen molar-refractivity contribution in [1.82, 2.24) is 10.6 Å². The van der Waals surface area contributed by atoms with Gasteiger partial charge in [0.25, 0.3) is 5.91 Å². The van der Waals surface area contributed by atoms with E-state index in [0.717, 1.165) is 37.8 Å². The van der Waals surface area contributed by atoms with Crippen LogP contribution in [-0.4, -0.2) is 24.0 Å². The number of hydrogen-bond donors (Lipinski definition) is 2. The summed E-state index contributed by atoms with van der Waals surface area (Å²) in [7, 11) is 0. The second kappa shape index (κ2) is 6.06. The Morgan fingerprint density at radius 2 is 1.70 bits per heavy atom. The topological polar surface area (TPSA) is 41.1 Å². The van der Waals surface area contributed by atoms with Gasteiger partial charge < -0.3 is 10.6 Å². The Hall–Kier alpha value is -1.20. The van der Waals surface area contributed by atoms with Gasteiger partial charge in [-0.05, 0) is 37.8 Å². The molecule has 1 amide bonds. The van der Waals surface area contributed by atoms with Gasteiger partial charge >= 0.3 is 0 Å². The highest BCUT2D eigenvalue weighted by atomic mass is 35.5. The maximum absolute atomic E-state index is 13.5. The number of halogens is 3. The van der Waals surface area contributed by atoms with Crippen molar-refractivity contribution in [2.75, 3.05) is 0 Å². The van der Waals surface area contributed by atoms with Gasteiger partial charge in [0.05, 0.1) is 0 Å². The zero-order chi connectivity index (χ0) is 13.4. The van der Waals surface area contributed by atoms with Gasteiger partial charge in [-0.2, -0.15) is 0 Å². The molecule has 2 atom stereocenters. The van der Waals surface area contributed by atoms with Gasteiger partial charge in [0, 0.05) is 18.1 Å². The predicted molar refractivity (Wildman–Crippen MR) is 74.0 cm³/mol. The first kappa shape index (κ1) is 15.2. The second-order valence-corrected chi connectivity index (χ2v) is 5.38. The van der Waals surface area contributed by atoms with Crippen LogP contribution in [0.1, 0.15) is 36.0 Å². The van der Waals surface area contributed by atoms with Gasteiger partial charge in [-0.15, -0.1) is 12.4 Å². The third-order valence-corrected chi connectivity index (χ3v) is 4.00. The van der Waals surface area contributed by atoms with Gasteiger partial charge in [-0.1, -0.05) is 6.07 Å². The van der Waals surface area contributed by atoms with Gasteiger partial charge in [-0.25, -0.2) is 8.78 Å². The van der Waals surface area contributed by atoms with Crippen molar-refractivity contribution in [3.8, 4) is 0 Å². The molecule has 2 heterocycles. The maximum atomic E-state index is 13.5. The molecular weight excluding hydrogens is 286 g/mol. The molecule has 0 saturated carbocycles. The van der Waals surface area contributed by atoms with Crippen LogP contribution in [0.3, 0.4) is 0 Å². The normalized spacial score (nSPS) is 27.8. The van der Waals surface area contributed by atoms with Crippen LogP contribution < -0.4 is 10.6 Å². The largest absolute Gasteiger partial charge is 0.349 e. The Morgan fingerprint density at radius 3 is 2.25 bits per heavy atom. The Labute approximate surface area is 122 Å². The van der Waals surface area contributed by atoms with Crippen molar-refractivity contribution < 1.29 is 13.6 Å². The SMILES string of the molecule is Cl.O=C(NC1CC2CCC(C1)N2)c1c(F)cccc1F. The van der Waals surface area contributed by atoms with E-state index in [1.165, 1.54) is 6.07 Å². The van der Waals surface area contributed by atoms with E-state index in [0.29, 0.717) is 12.1 Å². The van der Waals surface area contributed by atoms with Crippen LogP contribution in [0, 0.1) is 11.6 Å². The first-order valence-corrected chi connectivity index (χ1v) is 6.64. The molecule has 3 nitrogen and oxygen atoms in total. The number of carbonyl (C=O) groups excluding carboxylic acids is 1. The zero-order valence-corrected chi connectivity index (χ0v) is 11.7. The number of fused-ring (bicyclic) bond motifs is 2. The lowest BCUT2D eigenvalue weighted by Gasteiger charge is -2.29. The zero-order valence-electron chi connectivity index (χ0n) is 10.9. The fourth-order valence-corrected chi connectivity index (χ4v) is 3.15. The van der Waals surface area contributed by atoms with Crippen LogP contribution in [0.25, 0.3) is 0 Å². The molecule has 20 heavy (non-hydrogen) atoms. The minimum Gasteiger partial charge on any atom is -0.349 e. The summed E-state index contributed by atoms with van der Waals surface area (Å²) in [5.74, 6) is -2.27. The summed E-state index contributed by atoms with van der Waals surface area (Å²) in [5, 5.41) is 6.22. The predicted octanol–water partition coefficient (Wildman–Crippen LogP) is 2.40. The van der Waals surface area contributed by atoms with E-state index in [-0.39, 0.29) is 18.4 Å². The Balaban J connectivity index is 0.00000147. The summed E-state index contributed by atoms with van der Waals surface area (Å²) in [5.41, 5.74) is -0.478. The molecule has 0 aliphatic carbocycles. The molecule has 0 radical (unpaired) electrons. The van der Waals surface area contributed by atoms with Crippen molar-refractivity contribution >= 4 is 18.3 Å². The van der Waals surface area contributed by atoms with E-state index in [2.05, 4.69) is 10.6 Å². The van der Waals surface area contributed by atoms with Crippen LogP contribution in [0.15, 0.2) is 18.2 Å². The molecule has 3 rings (SSSR count). The number of piperidine rings is 1. The Bertz CT molecular complexity index is 480. The molecule has 2 aliphatic heterocycles. The minimum absolute atomic E-state index is 0. The first-order chi connectivity index (χ1) is 9.13. The second-order valence-electron chi connectivity index (χ2n) is 5.38. The van der Waals surface area contributed by atoms with Crippen molar-refractivity contribution in [1.29, 1.82) is 0 Å². The average Bonchev–Trinajstić information content (AvgIpc) is 2.68. The average molecular weight is 303 g/mol. The molecule has 6 heteroatoms. The highest BCUT2D eigenvalue weighted by Gasteiger charge is 2.34. The van der Waals surface area contributed by atoms with Gasteiger partial charge in [0.15, 0.2) is 0 Å². The summed E-state index contributed by atoms with van der Waals surface area (Å²) in [6.45, 7) is 0. The highest BCUT2D eigenvalue weighted by Crippen LogP contribution is 2.27. The van der Waals surface area contributed by atoms with Crippen LogP contribution in [0.4, 0.5) is 8.78 Å². The van der Waals surface area contributed by atoms with Gasteiger partial charge in [0.2, 0.25) is 0 Å². The molecule has 2 bridgehead atoms. The van der Waals surface area contributed by atoms with Crippen LogP contribution in [-0.2, 0) is 0 Å². The molecule has 1 aromatic rings. The van der Waals surface area contributed by atoms with Crippen molar-refractivity contribution in [3.63, 3.8) is 0 Å². The molecule has 2 aliphatic rings. The Kier molecular flexibility index (Phi) is 4.60. The fourth-order valence-electron chi connectivity index (χ4n) is 3.15. The number of benzene rings is 1. The summed E-state index contributed by atoms with van der Waals surface area (Å²) < 4.78 is 27.0. The fraction of sp³-hybridized carbons (Fsp3) is 0.500. The van der Waals surface area contributed by atoms with E-state index in [4.69, 9.17) is 0 Å². The standard InChI is InChI=1S/C14H16F2N2O.ClH/c15-11-2-1-3-12(16)13(11)14(19)18-10-6-8-4-5-9(7-10)17-8;/h1-3,8-10,17H,4-7H2,(H,18,19);1H. The summed E-state index contributed by atoms with van der Waals surface area (Å²) in [4.78, 5) is 12.0. The van der Waals surface area contributed by atoms with Crippen LogP contribution >= 0.6 is 12.4 Å². The molecule has 0 aromatic heterocycles. The molecule has 2 fully saturated rings. The molecule has 2 saturated heterocycles. The van der Waals surface area contributed by atoms with E-state index in [1.54, 1.807) is 0 Å². The van der Waals surface area contributed by atoms with Crippen molar-refractivity contribution in [3.05, 3.63) is 35.4 Å². The molecule has 2 N–H and O–H groups in total. The smallest absolute Gasteiger partial charge is 0.257 e. The van der Waals surface area contributed by atoms with Gasteiger partial charge in [-0.3, -0.25) is 4.79 Å². The van der Waals surface area contributed by atoms with E-state index in [1.807, 2.05) is 0 Å². The summed E-state index contributed by atoms with van der Waals surface area (Å²) in [6.07, 6.45) is 3.90. The summed E-state index contributed by atoms with van der Waals surface area (Å²) in [6, 6.07) is 4.31. The molecule has 2 unspecified atom stereocenters. The van der Waals surface area contributed by atoms with Gasteiger partial charge in [0.1, 0.15) is 17.2 Å². The number of rotatable bonds is 2. The minimum atomic E-state index is -0.811. The highest BCUT2D eigenvalue weighted by molar-refractivity contribution is 5.94. The number of hydrogen-bond acceptors (Lipinski definition) is 2. The van der Waals surface area contributed by atoms with Crippen LogP contribution in [0.2, 0.25) is 0 Å². The van der Waals surface area contributed by atoms with E-state index >= 15 is 0 Å². The number of nitrogens with one attached hydrogen (secondary N) is 2. The lowest BCUT2D eigenvalue weighted by Crippen LogP contribution is -2.48. The van der Waals surface area contributed by atoms with Crippen molar-refractivity contribution in [2.24, 2.45) is 0 Å². The number of amides is 1. The molecule has 110 valence electrons. The monoisotopic (exact) mass is 302 g/mol. The third kappa shape index (κ3) is 2.94. The molecule has 1 aromatic carbocycles. The summed E-state index contributed by atoms with van der Waals surface area (Å²) >= 11 is 0. The lowest BCUT2D eigenvalue weighted by molar-refractivity contribution is 0.0915. The van der Waals surface area contributed by atoms with Crippen molar-refractivity contribution in [2.45, 2.75) is 43.8 Å². The lowest BCUT2D eigenvalue weighted by atomic mass is 9.99.